The summed E-state index contributed by atoms with van der Waals surface area (Å²) >= 11 is 3.45. The Balaban J connectivity index is 2.05. The number of rotatable bonds is 2. The number of piperazine rings is 1. The molecular weight excluding hydrogens is 304 g/mol. The van der Waals surface area contributed by atoms with Crippen LogP contribution in [-0.4, -0.2) is 48.4 Å². The Morgan fingerprint density at radius 2 is 2.05 bits per heavy atom. The van der Waals surface area contributed by atoms with Crippen LogP contribution in [0.3, 0.4) is 0 Å². The Hall–Kier alpha value is -1.31. The molecule has 1 aromatic rings. The van der Waals surface area contributed by atoms with E-state index < -0.39 is 0 Å². The maximum absolute atomic E-state index is 12.5. The molecule has 0 aliphatic carbocycles. The fraction of sp³-hybridized carbons (Fsp3) is 0.400. The topological polar surface area (TPSA) is 23.6 Å². The molecule has 1 aliphatic rings. The van der Waals surface area contributed by atoms with Crippen molar-refractivity contribution in [1.29, 1.82) is 0 Å². The second kappa shape index (κ2) is 6.23. The minimum atomic E-state index is 0.0935. The fourth-order valence-corrected chi connectivity index (χ4v) is 2.63. The molecule has 0 saturated carbocycles. The number of carbonyl (C=O) groups is 1. The molecule has 0 atom stereocenters. The first-order valence-electron chi connectivity index (χ1n) is 6.33. The highest BCUT2D eigenvalue weighted by Crippen LogP contribution is 2.20. The van der Waals surface area contributed by atoms with E-state index in [4.69, 9.17) is 6.42 Å². The molecule has 1 fully saturated rings. The lowest BCUT2D eigenvalue weighted by molar-refractivity contribution is 0.0651. The van der Waals surface area contributed by atoms with E-state index in [-0.39, 0.29) is 5.91 Å². The number of hydrogen-bond donors (Lipinski definition) is 0. The summed E-state index contributed by atoms with van der Waals surface area (Å²) in [7, 11) is 0. The summed E-state index contributed by atoms with van der Waals surface area (Å²) in [5.41, 5.74) is 1.84. The number of carbonyl (C=O) groups excluding carboxylic acids is 1. The van der Waals surface area contributed by atoms with Crippen molar-refractivity contribution in [2.45, 2.75) is 6.92 Å². The number of hydrogen-bond acceptors (Lipinski definition) is 2. The average molecular weight is 321 g/mol. The summed E-state index contributed by atoms with van der Waals surface area (Å²) in [5, 5.41) is 0. The van der Waals surface area contributed by atoms with Crippen molar-refractivity contribution in [3.63, 3.8) is 0 Å². The standard InChI is InChI=1S/C15H17BrN2O/c1-3-6-17-7-9-18(10-8-17)15(19)13-11-12(2)4-5-14(13)16/h1,4-5,11H,6-10H2,2H3. The van der Waals surface area contributed by atoms with Gasteiger partial charge in [0.15, 0.2) is 0 Å². The summed E-state index contributed by atoms with van der Waals surface area (Å²) in [6.07, 6.45) is 5.30. The van der Waals surface area contributed by atoms with Crippen LogP contribution in [0.25, 0.3) is 0 Å². The van der Waals surface area contributed by atoms with E-state index in [0.29, 0.717) is 6.54 Å². The molecule has 1 aromatic carbocycles. The molecular formula is C15H17BrN2O. The molecule has 3 nitrogen and oxygen atoms in total. The zero-order chi connectivity index (χ0) is 13.8. The van der Waals surface area contributed by atoms with E-state index in [1.165, 1.54) is 0 Å². The number of terminal acetylenes is 1. The summed E-state index contributed by atoms with van der Waals surface area (Å²) < 4.78 is 0.856. The number of benzene rings is 1. The van der Waals surface area contributed by atoms with E-state index in [1.807, 2.05) is 30.0 Å². The van der Waals surface area contributed by atoms with Crippen molar-refractivity contribution < 1.29 is 4.79 Å². The van der Waals surface area contributed by atoms with E-state index in [1.54, 1.807) is 0 Å². The molecule has 0 unspecified atom stereocenters. The molecule has 1 amide bonds. The molecule has 1 saturated heterocycles. The zero-order valence-corrected chi connectivity index (χ0v) is 12.6. The maximum atomic E-state index is 12.5. The van der Waals surface area contributed by atoms with Crippen LogP contribution in [0.2, 0.25) is 0 Å². The first kappa shape index (κ1) is 14.1. The van der Waals surface area contributed by atoms with E-state index in [2.05, 4.69) is 26.8 Å². The van der Waals surface area contributed by atoms with Gasteiger partial charge in [-0.3, -0.25) is 9.69 Å². The molecule has 0 aromatic heterocycles. The van der Waals surface area contributed by atoms with Crippen molar-refractivity contribution in [3.05, 3.63) is 33.8 Å². The normalized spacial score (nSPS) is 16.2. The van der Waals surface area contributed by atoms with Crippen LogP contribution in [0.15, 0.2) is 22.7 Å². The zero-order valence-electron chi connectivity index (χ0n) is 11.0. The van der Waals surface area contributed by atoms with Crippen LogP contribution in [-0.2, 0) is 0 Å². The molecule has 0 bridgehead atoms. The van der Waals surface area contributed by atoms with Crippen molar-refractivity contribution >= 4 is 21.8 Å². The Bertz CT molecular complexity index is 513. The highest BCUT2D eigenvalue weighted by molar-refractivity contribution is 9.10. The minimum Gasteiger partial charge on any atom is -0.336 e. The second-order valence-corrected chi connectivity index (χ2v) is 5.61. The quantitative estimate of drug-likeness (QED) is 0.779. The van der Waals surface area contributed by atoms with Gasteiger partial charge in [-0.15, -0.1) is 6.42 Å². The molecule has 0 N–H and O–H groups in total. The van der Waals surface area contributed by atoms with Gasteiger partial charge >= 0.3 is 0 Å². The number of amides is 1. The maximum Gasteiger partial charge on any atom is 0.255 e. The van der Waals surface area contributed by atoms with Crippen LogP contribution in [0.4, 0.5) is 0 Å². The predicted octanol–water partition coefficient (Wildman–Crippen LogP) is 2.15. The largest absolute Gasteiger partial charge is 0.336 e. The van der Waals surface area contributed by atoms with Crippen LogP contribution in [0.5, 0.6) is 0 Å². The number of nitrogens with zero attached hydrogens (tertiary/aromatic N) is 2. The summed E-state index contributed by atoms with van der Waals surface area (Å²) in [4.78, 5) is 16.6. The lowest BCUT2D eigenvalue weighted by Crippen LogP contribution is -2.48. The van der Waals surface area contributed by atoms with Gasteiger partial charge in [0.1, 0.15) is 0 Å². The summed E-state index contributed by atoms with van der Waals surface area (Å²) in [6.45, 7) is 5.82. The smallest absolute Gasteiger partial charge is 0.255 e. The van der Waals surface area contributed by atoms with Crippen molar-refractivity contribution in [2.75, 3.05) is 32.7 Å². The van der Waals surface area contributed by atoms with E-state index >= 15 is 0 Å². The monoisotopic (exact) mass is 320 g/mol. The fourth-order valence-electron chi connectivity index (χ4n) is 2.21. The van der Waals surface area contributed by atoms with Gasteiger partial charge in [-0.2, -0.15) is 0 Å². The summed E-state index contributed by atoms with van der Waals surface area (Å²) in [6, 6.07) is 5.85. The highest BCUT2D eigenvalue weighted by Gasteiger charge is 2.22. The third-order valence-electron chi connectivity index (χ3n) is 3.33. The van der Waals surface area contributed by atoms with Crippen molar-refractivity contribution in [3.8, 4) is 12.3 Å². The van der Waals surface area contributed by atoms with Gasteiger partial charge in [0, 0.05) is 30.7 Å². The molecule has 1 heterocycles. The molecule has 0 radical (unpaired) electrons. The molecule has 1 aliphatic heterocycles. The molecule has 19 heavy (non-hydrogen) atoms. The van der Waals surface area contributed by atoms with Crippen LogP contribution < -0.4 is 0 Å². The first-order valence-corrected chi connectivity index (χ1v) is 7.12. The van der Waals surface area contributed by atoms with Crippen LogP contribution in [0, 0.1) is 19.3 Å². The van der Waals surface area contributed by atoms with Gasteiger partial charge in [-0.05, 0) is 35.0 Å². The first-order chi connectivity index (χ1) is 9.11. The molecule has 100 valence electrons. The Labute approximate surface area is 122 Å². The Morgan fingerprint density at radius 1 is 1.37 bits per heavy atom. The highest BCUT2D eigenvalue weighted by atomic mass is 79.9. The Kier molecular flexibility index (Phi) is 4.62. The number of aryl methyl sites for hydroxylation is 1. The van der Waals surface area contributed by atoms with Gasteiger partial charge in [0.25, 0.3) is 5.91 Å². The van der Waals surface area contributed by atoms with Crippen LogP contribution in [0.1, 0.15) is 15.9 Å². The van der Waals surface area contributed by atoms with E-state index in [9.17, 15) is 4.79 Å². The lowest BCUT2D eigenvalue weighted by Gasteiger charge is -2.33. The van der Waals surface area contributed by atoms with Gasteiger partial charge < -0.3 is 4.90 Å². The average Bonchev–Trinajstić information content (AvgIpc) is 2.42. The van der Waals surface area contributed by atoms with E-state index in [0.717, 1.165) is 41.8 Å². The minimum absolute atomic E-state index is 0.0935. The molecule has 2 rings (SSSR count). The SMILES string of the molecule is C#CCN1CCN(C(=O)c2cc(C)ccc2Br)CC1. The second-order valence-electron chi connectivity index (χ2n) is 4.76. The van der Waals surface area contributed by atoms with Crippen molar-refractivity contribution in [1.82, 2.24) is 9.80 Å². The third-order valence-corrected chi connectivity index (χ3v) is 4.02. The third kappa shape index (κ3) is 3.37. The number of halogens is 1. The summed E-state index contributed by atoms with van der Waals surface area (Å²) in [5.74, 6) is 2.74. The molecule has 4 heteroatoms. The van der Waals surface area contributed by atoms with Crippen molar-refractivity contribution in [2.24, 2.45) is 0 Å². The van der Waals surface area contributed by atoms with Gasteiger partial charge in [0.2, 0.25) is 0 Å². The van der Waals surface area contributed by atoms with Gasteiger partial charge in [-0.25, -0.2) is 0 Å². The Morgan fingerprint density at radius 3 is 2.68 bits per heavy atom. The van der Waals surface area contributed by atoms with Gasteiger partial charge in [-0.1, -0.05) is 17.6 Å². The molecule has 0 spiro atoms. The van der Waals surface area contributed by atoms with Gasteiger partial charge in [0.05, 0.1) is 12.1 Å². The lowest BCUT2D eigenvalue weighted by atomic mass is 10.1. The van der Waals surface area contributed by atoms with Crippen LogP contribution >= 0.6 is 15.9 Å². The predicted molar refractivity (Wildman–Crippen MR) is 80.1 cm³/mol.